The van der Waals surface area contributed by atoms with E-state index in [2.05, 4.69) is 0 Å². The van der Waals surface area contributed by atoms with Gasteiger partial charge in [0.05, 0.1) is 18.7 Å². The zero-order chi connectivity index (χ0) is 14.8. The molecule has 0 aromatic heterocycles. The highest BCUT2D eigenvalue weighted by atomic mass is 35.5. The largest absolute Gasteiger partial charge is 0.490 e. The standard InChI is InChI=1S/C16H13ClFNO2/c17-12-3-1-2-11(8-12)9-16(20)19-6-7-21-15-5-4-13(18)10-14(15)19/h1-5,8,10H,6-7,9H2. The van der Waals surface area contributed by atoms with Crippen molar-refractivity contribution in [1.29, 1.82) is 0 Å². The maximum absolute atomic E-state index is 13.4. The average Bonchev–Trinajstić information content (AvgIpc) is 2.46. The van der Waals surface area contributed by atoms with E-state index >= 15 is 0 Å². The molecule has 0 saturated heterocycles. The number of nitrogens with zero attached hydrogens (tertiary/aromatic N) is 1. The Morgan fingerprint density at radius 3 is 2.95 bits per heavy atom. The summed E-state index contributed by atoms with van der Waals surface area (Å²) in [6.07, 6.45) is 0.219. The quantitative estimate of drug-likeness (QED) is 0.850. The lowest BCUT2D eigenvalue weighted by Gasteiger charge is -2.29. The minimum absolute atomic E-state index is 0.104. The van der Waals surface area contributed by atoms with E-state index in [1.54, 1.807) is 29.2 Å². The molecule has 5 heteroatoms. The van der Waals surface area contributed by atoms with E-state index in [1.807, 2.05) is 6.07 Å². The van der Waals surface area contributed by atoms with Gasteiger partial charge in [-0.1, -0.05) is 23.7 Å². The van der Waals surface area contributed by atoms with Gasteiger partial charge in [-0.3, -0.25) is 4.79 Å². The first kappa shape index (κ1) is 13.9. The highest BCUT2D eigenvalue weighted by molar-refractivity contribution is 6.30. The number of carbonyl (C=O) groups excluding carboxylic acids is 1. The molecular formula is C16H13ClFNO2. The Bertz CT molecular complexity index is 690. The maximum atomic E-state index is 13.4. The minimum Gasteiger partial charge on any atom is -0.490 e. The monoisotopic (exact) mass is 305 g/mol. The summed E-state index contributed by atoms with van der Waals surface area (Å²) in [4.78, 5) is 14.0. The Balaban J connectivity index is 1.85. The van der Waals surface area contributed by atoms with Gasteiger partial charge in [-0.2, -0.15) is 0 Å². The predicted molar refractivity (Wildman–Crippen MR) is 79.4 cm³/mol. The lowest BCUT2D eigenvalue weighted by Crippen LogP contribution is -2.38. The molecule has 2 aromatic rings. The molecule has 0 unspecified atom stereocenters. The summed E-state index contributed by atoms with van der Waals surface area (Å²) in [7, 11) is 0. The number of hydrogen-bond acceptors (Lipinski definition) is 2. The molecule has 3 nitrogen and oxygen atoms in total. The second kappa shape index (κ2) is 5.74. The number of anilines is 1. The van der Waals surface area contributed by atoms with E-state index in [1.165, 1.54) is 12.1 Å². The van der Waals surface area contributed by atoms with Gasteiger partial charge in [0.15, 0.2) is 0 Å². The van der Waals surface area contributed by atoms with Crippen molar-refractivity contribution in [2.24, 2.45) is 0 Å². The summed E-state index contributed by atoms with van der Waals surface area (Å²) < 4.78 is 18.8. The average molecular weight is 306 g/mol. The fourth-order valence-corrected chi connectivity index (χ4v) is 2.58. The second-order valence-corrected chi connectivity index (χ2v) is 5.25. The molecule has 2 aromatic carbocycles. The summed E-state index contributed by atoms with van der Waals surface area (Å²) in [5.41, 5.74) is 1.31. The van der Waals surface area contributed by atoms with Crippen LogP contribution in [0.15, 0.2) is 42.5 Å². The molecule has 0 N–H and O–H groups in total. The summed E-state index contributed by atoms with van der Waals surface area (Å²) in [6.45, 7) is 0.815. The molecule has 0 radical (unpaired) electrons. The molecule has 3 rings (SSSR count). The first-order chi connectivity index (χ1) is 10.1. The smallest absolute Gasteiger partial charge is 0.231 e. The second-order valence-electron chi connectivity index (χ2n) is 4.81. The zero-order valence-corrected chi connectivity index (χ0v) is 11.9. The van der Waals surface area contributed by atoms with Crippen LogP contribution >= 0.6 is 11.6 Å². The number of ether oxygens (including phenoxy) is 1. The normalized spacial score (nSPS) is 13.5. The highest BCUT2D eigenvalue weighted by Crippen LogP contribution is 2.32. The van der Waals surface area contributed by atoms with E-state index in [4.69, 9.17) is 16.3 Å². The Labute approximate surface area is 126 Å². The number of fused-ring (bicyclic) bond motifs is 1. The van der Waals surface area contributed by atoms with Crippen LogP contribution in [0.1, 0.15) is 5.56 Å². The van der Waals surface area contributed by atoms with Gasteiger partial charge in [-0.05, 0) is 29.8 Å². The van der Waals surface area contributed by atoms with Crippen LogP contribution in [-0.4, -0.2) is 19.1 Å². The molecule has 0 atom stereocenters. The van der Waals surface area contributed by atoms with E-state index in [9.17, 15) is 9.18 Å². The van der Waals surface area contributed by atoms with Crippen LogP contribution in [0.25, 0.3) is 0 Å². The third-order valence-electron chi connectivity index (χ3n) is 3.33. The van der Waals surface area contributed by atoms with Gasteiger partial charge in [0.1, 0.15) is 18.2 Å². The van der Waals surface area contributed by atoms with Crippen LogP contribution in [0.2, 0.25) is 5.02 Å². The molecule has 0 aliphatic carbocycles. The predicted octanol–water partition coefficient (Wildman–Crippen LogP) is 3.45. The van der Waals surface area contributed by atoms with Crippen molar-refractivity contribution in [3.05, 3.63) is 58.9 Å². The molecule has 1 aliphatic heterocycles. The van der Waals surface area contributed by atoms with Crippen molar-refractivity contribution in [3.8, 4) is 5.75 Å². The fourth-order valence-electron chi connectivity index (χ4n) is 2.37. The SMILES string of the molecule is O=C(Cc1cccc(Cl)c1)N1CCOc2ccc(F)cc21. The van der Waals surface area contributed by atoms with Gasteiger partial charge in [-0.15, -0.1) is 0 Å². The Morgan fingerprint density at radius 2 is 2.14 bits per heavy atom. The number of rotatable bonds is 2. The van der Waals surface area contributed by atoms with Crippen LogP contribution in [0.5, 0.6) is 5.75 Å². The molecule has 21 heavy (non-hydrogen) atoms. The van der Waals surface area contributed by atoms with Crippen molar-refractivity contribution >= 4 is 23.2 Å². The molecule has 0 spiro atoms. The van der Waals surface area contributed by atoms with Crippen molar-refractivity contribution in [2.75, 3.05) is 18.1 Å². The number of amides is 1. The molecule has 0 bridgehead atoms. The van der Waals surface area contributed by atoms with Gasteiger partial charge in [0.2, 0.25) is 5.91 Å². The number of carbonyl (C=O) groups is 1. The topological polar surface area (TPSA) is 29.5 Å². The van der Waals surface area contributed by atoms with Gasteiger partial charge in [0.25, 0.3) is 0 Å². The molecule has 0 saturated carbocycles. The number of halogens is 2. The zero-order valence-electron chi connectivity index (χ0n) is 11.2. The highest BCUT2D eigenvalue weighted by Gasteiger charge is 2.24. The summed E-state index contributed by atoms with van der Waals surface area (Å²) in [5.74, 6) is 0.0364. The summed E-state index contributed by atoms with van der Waals surface area (Å²) >= 11 is 5.92. The molecule has 1 amide bonds. The Morgan fingerprint density at radius 1 is 1.29 bits per heavy atom. The first-order valence-corrected chi connectivity index (χ1v) is 6.98. The van der Waals surface area contributed by atoms with E-state index in [-0.39, 0.29) is 18.1 Å². The van der Waals surface area contributed by atoms with Crippen molar-refractivity contribution in [1.82, 2.24) is 0 Å². The molecular weight excluding hydrogens is 293 g/mol. The first-order valence-electron chi connectivity index (χ1n) is 6.60. The van der Waals surface area contributed by atoms with E-state index in [0.717, 1.165) is 5.56 Å². The van der Waals surface area contributed by atoms with Gasteiger partial charge in [0, 0.05) is 11.1 Å². The van der Waals surface area contributed by atoms with Crippen LogP contribution in [0, 0.1) is 5.82 Å². The third-order valence-corrected chi connectivity index (χ3v) is 3.56. The third kappa shape index (κ3) is 3.00. The fraction of sp³-hybridized carbons (Fsp3) is 0.188. The van der Waals surface area contributed by atoms with Crippen LogP contribution in [-0.2, 0) is 11.2 Å². The van der Waals surface area contributed by atoms with Crippen LogP contribution in [0.3, 0.4) is 0 Å². The molecule has 1 heterocycles. The van der Waals surface area contributed by atoms with Gasteiger partial charge >= 0.3 is 0 Å². The van der Waals surface area contributed by atoms with Crippen molar-refractivity contribution in [2.45, 2.75) is 6.42 Å². The summed E-state index contributed by atoms with van der Waals surface area (Å²) in [6, 6.07) is 11.4. The summed E-state index contributed by atoms with van der Waals surface area (Å²) in [5, 5.41) is 0.591. The Kier molecular flexibility index (Phi) is 3.80. The van der Waals surface area contributed by atoms with Crippen LogP contribution < -0.4 is 9.64 Å². The minimum atomic E-state index is -0.389. The Hall–Kier alpha value is -2.07. The van der Waals surface area contributed by atoms with Crippen LogP contribution in [0.4, 0.5) is 10.1 Å². The van der Waals surface area contributed by atoms with Crippen molar-refractivity contribution in [3.63, 3.8) is 0 Å². The van der Waals surface area contributed by atoms with E-state index < -0.39 is 0 Å². The number of hydrogen-bond donors (Lipinski definition) is 0. The lowest BCUT2D eigenvalue weighted by molar-refractivity contribution is -0.118. The molecule has 1 aliphatic rings. The van der Waals surface area contributed by atoms with Gasteiger partial charge in [-0.25, -0.2) is 4.39 Å². The lowest BCUT2D eigenvalue weighted by atomic mass is 10.1. The van der Waals surface area contributed by atoms with E-state index in [0.29, 0.717) is 29.6 Å². The molecule has 108 valence electrons. The molecule has 0 fully saturated rings. The van der Waals surface area contributed by atoms with Gasteiger partial charge < -0.3 is 9.64 Å². The van der Waals surface area contributed by atoms with Crippen molar-refractivity contribution < 1.29 is 13.9 Å². The number of benzene rings is 2. The maximum Gasteiger partial charge on any atom is 0.231 e.